The molecule has 0 fully saturated rings. The van der Waals surface area contributed by atoms with Gasteiger partial charge in [-0.05, 0) is 104 Å². The number of hydrogen-bond donors (Lipinski definition) is 0. The van der Waals surface area contributed by atoms with Crippen LogP contribution >= 0.6 is 0 Å². The zero-order valence-corrected chi connectivity index (χ0v) is 34.5. The van der Waals surface area contributed by atoms with Crippen molar-refractivity contribution in [2.75, 3.05) is 0 Å². The molecule has 5 heteroatoms. The number of nitrogens with zero attached hydrogens (tertiary/aromatic N) is 4. The summed E-state index contributed by atoms with van der Waals surface area (Å²) in [6.45, 7) is 0. The first-order chi connectivity index (χ1) is 31.7. The average molecular weight is 817 g/mol. The van der Waals surface area contributed by atoms with E-state index in [0.717, 1.165) is 72.0 Å². The summed E-state index contributed by atoms with van der Waals surface area (Å²) in [5.74, 6) is 1.77. The summed E-state index contributed by atoms with van der Waals surface area (Å²) >= 11 is 0. The van der Waals surface area contributed by atoms with Crippen LogP contribution in [0.25, 0.3) is 127 Å². The zero-order valence-electron chi connectivity index (χ0n) is 34.5. The van der Waals surface area contributed by atoms with Crippen LogP contribution in [-0.2, 0) is 0 Å². The molecule has 0 aliphatic heterocycles. The molecule has 5 nitrogen and oxygen atoms in total. The van der Waals surface area contributed by atoms with Crippen LogP contribution < -0.4 is 0 Å². The predicted octanol–water partition coefficient (Wildman–Crippen LogP) is 15.5. The Bertz CT molecular complexity index is 3960. The summed E-state index contributed by atoms with van der Waals surface area (Å²) < 4.78 is 8.64. The number of hydrogen-bond acceptors (Lipinski definition) is 4. The van der Waals surface area contributed by atoms with Crippen molar-refractivity contribution >= 4 is 65.3 Å². The molecule has 13 aromatic rings. The molecule has 0 N–H and O–H groups in total. The van der Waals surface area contributed by atoms with Crippen LogP contribution in [-0.4, -0.2) is 19.5 Å². The van der Waals surface area contributed by atoms with Gasteiger partial charge in [-0.1, -0.05) is 158 Å². The summed E-state index contributed by atoms with van der Waals surface area (Å²) in [7, 11) is 0. The predicted molar refractivity (Wildman–Crippen MR) is 264 cm³/mol. The number of para-hydroxylation sites is 2. The Balaban J connectivity index is 1.11. The van der Waals surface area contributed by atoms with Gasteiger partial charge in [-0.3, -0.25) is 0 Å². The number of rotatable bonds is 6. The van der Waals surface area contributed by atoms with Gasteiger partial charge in [-0.25, -0.2) is 15.0 Å². The molecule has 13 rings (SSSR count). The second kappa shape index (κ2) is 14.5. The van der Waals surface area contributed by atoms with Crippen molar-refractivity contribution < 1.29 is 4.42 Å². The Morgan fingerprint density at radius 3 is 1.69 bits per heavy atom. The van der Waals surface area contributed by atoms with Crippen molar-refractivity contribution in [3.63, 3.8) is 0 Å². The van der Waals surface area contributed by atoms with Gasteiger partial charge < -0.3 is 8.98 Å². The Hall–Kier alpha value is -8.67. The van der Waals surface area contributed by atoms with Crippen molar-refractivity contribution in [1.82, 2.24) is 19.5 Å². The van der Waals surface area contributed by atoms with E-state index in [9.17, 15) is 0 Å². The molecule has 298 valence electrons. The molecule has 0 saturated heterocycles. The molecule has 0 radical (unpaired) electrons. The zero-order chi connectivity index (χ0) is 42.1. The van der Waals surface area contributed by atoms with Crippen LogP contribution in [0.3, 0.4) is 0 Å². The van der Waals surface area contributed by atoms with E-state index in [2.05, 4.69) is 174 Å². The monoisotopic (exact) mass is 816 g/mol. The van der Waals surface area contributed by atoms with Gasteiger partial charge in [0.15, 0.2) is 17.5 Å². The lowest BCUT2D eigenvalue weighted by Gasteiger charge is -2.16. The van der Waals surface area contributed by atoms with Gasteiger partial charge in [0.25, 0.3) is 0 Å². The van der Waals surface area contributed by atoms with E-state index in [1.807, 2.05) is 48.5 Å². The highest BCUT2D eigenvalue weighted by molar-refractivity contribution is 6.15. The van der Waals surface area contributed by atoms with E-state index in [1.54, 1.807) is 0 Å². The summed E-state index contributed by atoms with van der Waals surface area (Å²) in [6.07, 6.45) is 0. The van der Waals surface area contributed by atoms with Crippen LogP contribution in [0.5, 0.6) is 0 Å². The fraction of sp³-hybridized carbons (Fsp3) is 0. The molecule has 64 heavy (non-hydrogen) atoms. The van der Waals surface area contributed by atoms with E-state index >= 15 is 0 Å². The Morgan fingerprint density at radius 2 is 0.875 bits per heavy atom. The normalized spacial score (nSPS) is 11.8. The summed E-state index contributed by atoms with van der Waals surface area (Å²) in [5, 5.41) is 9.26. The largest absolute Gasteiger partial charge is 0.456 e. The second-order valence-corrected chi connectivity index (χ2v) is 16.4. The maximum Gasteiger partial charge on any atom is 0.164 e. The first-order valence-electron chi connectivity index (χ1n) is 21.6. The Labute approximate surface area is 368 Å². The minimum absolute atomic E-state index is 0.583. The number of fused-ring (bicyclic) bond motifs is 9. The maximum atomic E-state index is 6.23. The highest BCUT2D eigenvalue weighted by Crippen LogP contribution is 2.41. The third-order valence-corrected chi connectivity index (χ3v) is 12.6. The molecule has 0 atom stereocenters. The van der Waals surface area contributed by atoms with E-state index in [-0.39, 0.29) is 0 Å². The van der Waals surface area contributed by atoms with Gasteiger partial charge in [0, 0.05) is 43.9 Å². The standard InChI is InChI=1S/C59H36N4O/c1-3-15-37(16-4-1)39-27-29-49-48-23-11-13-25-53(48)63(54(49)36-39)44-32-42(51-34-40-19-7-8-20-45(40)46-21-9-10-22-47(46)51)31-43(33-44)59-61-57(38-17-5-2-6-18-38)60-58(62-59)41-28-30-56-52(35-41)50-24-12-14-26-55(50)64-56/h1-36H. The lowest BCUT2D eigenvalue weighted by atomic mass is 9.92. The average Bonchev–Trinajstić information content (AvgIpc) is 3.91. The Kier molecular flexibility index (Phi) is 8.15. The lowest BCUT2D eigenvalue weighted by Crippen LogP contribution is -2.02. The third-order valence-electron chi connectivity index (χ3n) is 12.6. The van der Waals surface area contributed by atoms with Crippen LogP contribution in [0.2, 0.25) is 0 Å². The molecular weight excluding hydrogens is 781 g/mol. The van der Waals surface area contributed by atoms with Gasteiger partial charge in [-0.2, -0.15) is 0 Å². The van der Waals surface area contributed by atoms with E-state index in [4.69, 9.17) is 19.4 Å². The van der Waals surface area contributed by atoms with Gasteiger partial charge in [0.05, 0.1) is 11.0 Å². The molecule has 3 aromatic heterocycles. The second-order valence-electron chi connectivity index (χ2n) is 16.4. The molecule has 0 aliphatic rings. The van der Waals surface area contributed by atoms with Crippen molar-refractivity contribution in [2.45, 2.75) is 0 Å². The molecule has 0 spiro atoms. The first kappa shape index (κ1) is 36.0. The van der Waals surface area contributed by atoms with Crippen molar-refractivity contribution in [3.8, 4) is 62.1 Å². The van der Waals surface area contributed by atoms with E-state index < -0.39 is 0 Å². The van der Waals surface area contributed by atoms with E-state index in [1.165, 1.54) is 37.9 Å². The van der Waals surface area contributed by atoms with Crippen LogP contribution in [0.1, 0.15) is 0 Å². The minimum Gasteiger partial charge on any atom is -0.456 e. The molecule has 0 saturated carbocycles. The number of aromatic nitrogens is 4. The van der Waals surface area contributed by atoms with Crippen LogP contribution in [0.4, 0.5) is 0 Å². The summed E-state index contributed by atoms with van der Waals surface area (Å²) in [6, 6.07) is 77.2. The Morgan fingerprint density at radius 1 is 0.297 bits per heavy atom. The fourth-order valence-electron chi connectivity index (χ4n) is 9.59. The molecule has 0 amide bonds. The molecule has 0 aliphatic carbocycles. The highest BCUT2D eigenvalue weighted by Gasteiger charge is 2.20. The molecule has 0 unspecified atom stereocenters. The minimum atomic E-state index is 0.583. The van der Waals surface area contributed by atoms with Gasteiger partial charge >= 0.3 is 0 Å². The SMILES string of the molecule is c1ccc(-c2ccc3c4ccccc4n(-c4cc(-c5nc(-c6ccccc6)nc(-c6ccc7oc8ccccc8c7c6)n5)cc(-c5cc6ccccc6c6ccccc56)c4)c3c2)cc1. The quantitative estimate of drug-likeness (QED) is 0.157. The van der Waals surface area contributed by atoms with Crippen LogP contribution in [0.15, 0.2) is 223 Å². The molecule has 0 bridgehead atoms. The van der Waals surface area contributed by atoms with E-state index in [0.29, 0.717) is 17.5 Å². The van der Waals surface area contributed by atoms with Crippen LogP contribution in [0, 0.1) is 0 Å². The van der Waals surface area contributed by atoms with Crippen molar-refractivity contribution in [2.24, 2.45) is 0 Å². The van der Waals surface area contributed by atoms with Gasteiger partial charge in [-0.15, -0.1) is 0 Å². The topological polar surface area (TPSA) is 56.7 Å². The number of benzene rings is 10. The smallest absolute Gasteiger partial charge is 0.164 e. The molecular formula is C59H36N4O. The first-order valence-corrected chi connectivity index (χ1v) is 21.6. The van der Waals surface area contributed by atoms with Crippen molar-refractivity contribution in [3.05, 3.63) is 218 Å². The van der Waals surface area contributed by atoms with Gasteiger partial charge in [0.2, 0.25) is 0 Å². The summed E-state index contributed by atoms with van der Waals surface area (Å²) in [4.78, 5) is 15.8. The molecule has 3 heterocycles. The van der Waals surface area contributed by atoms with Crippen molar-refractivity contribution in [1.29, 1.82) is 0 Å². The third kappa shape index (κ3) is 5.90. The maximum absolute atomic E-state index is 6.23. The number of furan rings is 1. The fourth-order valence-corrected chi connectivity index (χ4v) is 9.59. The lowest BCUT2D eigenvalue weighted by molar-refractivity contribution is 0.669. The highest BCUT2D eigenvalue weighted by atomic mass is 16.3. The summed E-state index contributed by atoms with van der Waals surface area (Å²) in [5.41, 5.74) is 12.1. The van der Waals surface area contributed by atoms with Gasteiger partial charge in [0.1, 0.15) is 11.2 Å². The molecule has 10 aromatic carbocycles.